The van der Waals surface area contributed by atoms with E-state index in [1.807, 2.05) is 0 Å². The van der Waals surface area contributed by atoms with Crippen molar-refractivity contribution in [3.05, 3.63) is 5.53 Å². The summed E-state index contributed by atoms with van der Waals surface area (Å²) in [6, 6.07) is 0. The Kier molecular flexibility index (Phi) is 2.55. The van der Waals surface area contributed by atoms with Crippen LogP contribution in [0.4, 0.5) is 0 Å². The molecule has 0 amide bonds. The molecule has 0 bridgehead atoms. The molecule has 0 unspecified atom stereocenters. The highest BCUT2D eigenvalue weighted by Crippen LogP contribution is 1.58. The second-order valence-electron chi connectivity index (χ2n) is 0.703. The van der Waals surface area contributed by atoms with E-state index in [1.165, 1.54) is 7.11 Å². The van der Waals surface area contributed by atoms with Crippen LogP contribution in [-0.2, 0) is 9.53 Å². The Morgan fingerprint density at radius 3 is 2.71 bits per heavy atom. The van der Waals surface area contributed by atoms with Crippen LogP contribution in [0.5, 0.6) is 0 Å². The van der Waals surface area contributed by atoms with Gasteiger partial charge in [-0.15, -0.1) is 4.79 Å². The predicted octanol–water partition coefficient (Wildman–Crippen LogP) is -0.663. The number of carbonyl (C=O) groups is 1. The Morgan fingerprint density at radius 2 is 2.57 bits per heavy atom. The topological polar surface area (TPSA) is 62.7 Å². The molecule has 0 aliphatic carbocycles. The smallest absolute Gasteiger partial charge is 0.460 e. The van der Waals surface area contributed by atoms with E-state index in [0.29, 0.717) is 0 Å². The fourth-order valence-electron chi connectivity index (χ4n) is 0.0865. The zero-order valence-electron chi connectivity index (χ0n) is 3.71. The Labute approximate surface area is 40.3 Å². The van der Waals surface area contributed by atoms with E-state index in [-0.39, 0.29) is 0 Å². The molecule has 0 fully saturated rings. The molecule has 0 rings (SSSR count). The van der Waals surface area contributed by atoms with Gasteiger partial charge in [0.2, 0.25) is 0 Å². The lowest BCUT2D eigenvalue weighted by Crippen LogP contribution is -2.00. The van der Waals surface area contributed by atoms with Crippen LogP contribution in [0.3, 0.4) is 0 Å². The summed E-state index contributed by atoms with van der Waals surface area (Å²) < 4.78 is 3.99. The van der Waals surface area contributed by atoms with Gasteiger partial charge in [-0.3, -0.25) is 0 Å². The van der Waals surface area contributed by atoms with E-state index >= 15 is 0 Å². The molecular weight excluding hydrogens is 96.0 g/mol. The van der Waals surface area contributed by atoms with Crippen molar-refractivity contribution in [1.29, 1.82) is 0 Å². The van der Waals surface area contributed by atoms with Crippen molar-refractivity contribution in [3.8, 4) is 0 Å². The monoisotopic (exact) mass is 99.0 g/mol. The maximum atomic E-state index is 9.82. The summed E-state index contributed by atoms with van der Waals surface area (Å²) in [5.74, 6) is -0.789. The Hall–Kier alpha value is -1.15. The lowest BCUT2D eigenvalue weighted by molar-refractivity contribution is -0.136. The standard InChI is InChI=1S/C3H3N2O2/c1-7-3(6)2-5-4/h1H3. The van der Waals surface area contributed by atoms with Crippen molar-refractivity contribution in [2.75, 3.05) is 7.11 Å². The van der Waals surface area contributed by atoms with E-state index in [0.717, 1.165) is 0 Å². The van der Waals surface area contributed by atoms with Crippen LogP contribution >= 0.6 is 0 Å². The van der Waals surface area contributed by atoms with E-state index in [4.69, 9.17) is 5.53 Å². The number of carbonyl (C=O) groups excluding carboxylic acids is 1. The van der Waals surface area contributed by atoms with Gasteiger partial charge in [-0.2, -0.15) is 0 Å². The van der Waals surface area contributed by atoms with E-state index in [2.05, 4.69) is 9.53 Å². The zero-order chi connectivity index (χ0) is 5.70. The first kappa shape index (κ1) is 5.85. The molecule has 0 atom stereocenters. The molecule has 0 aromatic heterocycles. The van der Waals surface area contributed by atoms with Crippen LogP contribution in [-0.4, -0.2) is 24.1 Å². The van der Waals surface area contributed by atoms with Gasteiger partial charge in [0.1, 0.15) is 0 Å². The van der Waals surface area contributed by atoms with Gasteiger partial charge in [0.05, 0.1) is 7.11 Å². The van der Waals surface area contributed by atoms with Gasteiger partial charge in [0.15, 0.2) is 0 Å². The molecule has 0 saturated heterocycles. The predicted molar refractivity (Wildman–Crippen MR) is 20.6 cm³/mol. The van der Waals surface area contributed by atoms with Gasteiger partial charge in [-0.1, -0.05) is 0 Å². The molecule has 7 heavy (non-hydrogen) atoms. The van der Waals surface area contributed by atoms with Gasteiger partial charge in [0, 0.05) is 0 Å². The second kappa shape index (κ2) is 3.06. The molecule has 0 aliphatic heterocycles. The Balaban J connectivity index is 3.58. The van der Waals surface area contributed by atoms with E-state index < -0.39 is 5.97 Å². The lowest BCUT2D eigenvalue weighted by Gasteiger charge is -1.76. The van der Waals surface area contributed by atoms with Crippen LogP contribution in [0.15, 0.2) is 0 Å². The van der Waals surface area contributed by atoms with E-state index in [9.17, 15) is 4.79 Å². The summed E-state index contributed by atoms with van der Waals surface area (Å²) in [5.41, 5.74) is 7.58. The summed E-state index contributed by atoms with van der Waals surface area (Å²) in [7, 11) is 1.17. The van der Waals surface area contributed by atoms with Crippen LogP contribution in [0, 0.1) is 0 Å². The maximum absolute atomic E-state index is 9.82. The number of nitrogens with zero attached hydrogens (tertiary/aromatic N) is 2. The highest BCUT2D eigenvalue weighted by molar-refractivity contribution is 6.20. The van der Waals surface area contributed by atoms with Crippen LogP contribution in [0.25, 0.3) is 5.53 Å². The highest BCUT2D eigenvalue weighted by Gasteiger charge is 1.99. The fraction of sp³-hybridized carbons (Fsp3) is 0.333. The third-order valence-corrected chi connectivity index (χ3v) is 0.327. The largest absolute Gasteiger partial charge is 0.494 e. The van der Waals surface area contributed by atoms with Crippen molar-refractivity contribution in [2.24, 2.45) is 0 Å². The first-order valence-electron chi connectivity index (χ1n) is 1.49. The molecule has 0 N–H and O–H groups in total. The van der Waals surface area contributed by atoms with Crippen molar-refractivity contribution in [2.45, 2.75) is 0 Å². The molecule has 0 saturated carbocycles. The summed E-state index contributed by atoms with van der Waals surface area (Å²) in [5, 5.41) is 0. The Bertz CT molecular complexity index is 114. The zero-order valence-corrected chi connectivity index (χ0v) is 3.71. The van der Waals surface area contributed by atoms with Crippen molar-refractivity contribution in [1.82, 2.24) is 0 Å². The molecule has 4 nitrogen and oxygen atoms in total. The third kappa shape index (κ3) is 2.66. The van der Waals surface area contributed by atoms with Crippen molar-refractivity contribution >= 4 is 12.2 Å². The minimum Gasteiger partial charge on any atom is -0.460 e. The molecule has 0 aliphatic rings. The molecule has 37 valence electrons. The summed E-state index contributed by atoms with van der Waals surface area (Å²) >= 11 is 0. The number of methoxy groups -OCH3 is 1. The molecule has 4 heteroatoms. The molecule has 0 aromatic carbocycles. The van der Waals surface area contributed by atoms with E-state index in [1.54, 1.807) is 6.21 Å². The van der Waals surface area contributed by atoms with Crippen LogP contribution in [0.1, 0.15) is 0 Å². The van der Waals surface area contributed by atoms with Gasteiger partial charge >= 0.3 is 12.2 Å². The lowest BCUT2D eigenvalue weighted by atomic mass is 10.8. The molecule has 0 spiro atoms. The van der Waals surface area contributed by atoms with Crippen molar-refractivity contribution < 1.29 is 14.3 Å². The quantitative estimate of drug-likeness (QED) is 0.189. The number of hydrogen-bond acceptors (Lipinski definition) is 2. The number of rotatable bonds is 1. The van der Waals surface area contributed by atoms with Gasteiger partial charge in [-0.05, 0) is 0 Å². The molecule has 0 aromatic rings. The summed E-state index contributed by atoms with van der Waals surface area (Å²) in [6.45, 7) is 0. The maximum Gasteiger partial charge on any atom is 0.494 e. The SMILES string of the molecule is COC(=O)[C]=[N+]=[N-]. The normalized spacial score (nSPS) is 6.43. The third-order valence-electron chi connectivity index (χ3n) is 0.327. The summed E-state index contributed by atoms with van der Waals surface area (Å²) in [4.78, 5) is 12.1. The molecular formula is C3H3N2O2. The summed E-state index contributed by atoms with van der Waals surface area (Å²) in [6.07, 6.45) is 1.61. The van der Waals surface area contributed by atoms with Crippen LogP contribution < -0.4 is 0 Å². The highest BCUT2D eigenvalue weighted by atomic mass is 16.5. The van der Waals surface area contributed by atoms with Gasteiger partial charge in [-0.25, -0.2) is 4.79 Å². The minimum absolute atomic E-state index is 0.789. The molecule has 1 radical (unpaired) electrons. The minimum atomic E-state index is -0.789. The first-order valence-corrected chi connectivity index (χ1v) is 1.49. The average Bonchev–Trinajstić information content (AvgIpc) is 1.68. The Morgan fingerprint density at radius 1 is 2.00 bits per heavy atom. The molecule has 0 heterocycles. The number of hydrogen-bond donors (Lipinski definition) is 0. The number of esters is 1. The average molecular weight is 99.1 g/mol. The number of ether oxygens (including phenoxy) is 1. The van der Waals surface area contributed by atoms with Crippen LogP contribution in [0.2, 0.25) is 0 Å². The second-order valence-corrected chi connectivity index (χ2v) is 0.703. The fourth-order valence-corrected chi connectivity index (χ4v) is 0.0865. The van der Waals surface area contributed by atoms with Gasteiger partial charge < -0.3 is 10.3 Å². The van der Waals surface area contributed by atoms with Gasteiger partial charge in [0.25, 0.3) is 0 Å². The van der Waals surface area contributed by atoms with Crippen molar-refractivity contribution in [3.63, 3.8) is 0 Å². The first-order chi connectivity index (χ1) is 3.31.